The summed E-state index contributed by atoms with van der Waals surface area (Å²) in [5, 5.41) is 9.13. The van der Waals surface area contributed by atoms with Gasteiger partial charge in [0.2, 0.25) is 0 Å². The molecule has 0 spiro atoms. The summed E-state index contributed by atoms with van der Waals surface area (Å²) in [7, 11) is 0. The molecule has 1 aromatic rings. The molecular weight excluding hydrogens is 200 g/mol. The fraction of sp³-hybridized carbons (Fsp3) is 0.538. The lowest BCUT2D eigenvalue weighted by molar-refractivity contribution is 0.204. The van der Waals surface area contributed by atoms with E-state index in [1.54, 1.807) is 0 Å². The highest BCUT2D eigenvalue weighted by molar-refractivity contribution is 5.40. The second-order valence-electron chi connectivity index (χ2n) is 4.67. The van der Waals surface area contributed by atoms with Crippen LogP contribution in [0.25, 0.3) is 0 Å². The van der Waals surface area contributed by atoms with Crippen molar-refractivity contribution in [2.75, 3.05) is 25.4 Å². The molecule has 0 aliphatic carbocycles. The molecule has 0 radical (unpaired) electrons. The summed E-state index contributed by atoms with van der Waals surface area (Å²) in [6.45, 7) is 4.61. The lowest BCUT2D eigenvalue weighted by Crippen LogP contribution is -2.25. The van der Waals surface area contributed by atoms with Crippen molar-refractivity contribution >= 4 is 5.69 Å². The Hall–Kier alpha value is -1.06. The minimum absolute atomic E-state index is 0.310. The van der Waals surface area contributed by atoms with Gasteiger partial charge in [0.25, 0.3) is 0 Å². The van der Waals surface area contributed by atoms with Gasteiger partial charge in [-0.3, -0.25) is 4.90 Å². The predicted molar refractivity (Wildman–Crippen MR) is 66.0 cm³/mol. The van der Waals surface area contributed by atoms with Crippen molar-refractivity contribution in [1.29, 1.82) is 0 Å². The van der Waals surface area contributed by atoms with E-state index in [0.717, 1.165) is 25.2 Å². The number of rotatable bonds is 3. The Labute approximate surface area is 96.9 Å². The first-order valence-electron chi connectivity index (χ1n) is 5.91. The van der Waals surface area contributed by atoms with Gasteiger partial charge >= 0.3 is 0 Å². The first-order chi connectivity index (χ1) is 7.70. The predicted octanol–water partition coefficient (Wildman–Crippen LogP) is 1.64. The number of nitrogens with two attached hydrogens (primary N) is 1. The third-order valence-corrected chi connectivity index (χ3v) is 3.54. The molecule has 88 valence electrons. The molecule has 1 saturated heterocycles. The molecule has 2 atom stereocenters. The first kappa shape index (κ1) is 11.4. The number of nitrogen functional groups attached to an aromatic ring is 1. The fourth-order valence-corrected chi connectivity index (χ4v) is 2.35. The van der Waals surface area contributed by atoms with Crippen molar-refractivity contribution in [3.05, 3.63) is 29.8 Å². The summed E-state index contributed by atoms with van der Waals surface area (Å²) in [5.41, 5.74) is 7.79. The van der Waals surface area contributed by atoms with Crippen molar-refractivity contribution in [2.24, 2.45) is 5.92 Å². The quantitative estimate of drug-likeness (QED) is 0.761. The molecule has 16 heavy (non-hydrogen) atoms. The van der Waals surface area contributed by atoms with Gasteiger partial charge in [-0.2, -0.15) is 0 Å². The van der Waals surface area contributed by atoms with E-state index in [2.05, 4.69) is 24.0 Å². The van der Waals surface area contributed by atoms with Crippen molar-refractivity contribution in [2.45, 2.75) is 19.4 Å². The number of hydrogen-bond donors (Lipinski definition) is 2. The molecule has 1 heterocycles. The topological polar surface area (TPSA) is 49.5 Å². The smallest absolute Gasteiger partial charge is 0.0471 e. The number of hydrogen-bond acceptors (Lipinski definition) is 3. The molecule has 1 fully saturated rings. The van der Waals surface area contributed by atoms with Crippen LogP contribution in [0.15, 0.2) is 24.3 Å². The van der Waals surface area contributed by atoms with Crippen LogP contribution in [0.2, 0.25) is 0 Å². The van der Waals surface area contributed by atoms with Crippen molar-refractivity contribution in [1.82, 2.24) is 4.90 Å². The average molecular weight is 220 g/mol. The zero-order valence-corrected chi connectivity index (χ0v) is 9.76. The van der Waals surface area contributed by atoms with E-state index in [4.69, 9.17) is 10.8 Å². The van der Waals surface area contributed by atoms with E-state index in [-0.39, 0.29) is 0 Å². The van der Waals surface area contributed by atoms with Crippen LogP contribution in [0.1, 0.15) is 24.9 Å². The van der Waals surface area contributed by atoms with Crippen LogP contribution in [0.4, 0.5) is 5.69 Å². The molecule has 0 saturated carbocycles. The van der Waals surface area contributed by atoms with E-state index in [0.29, 0.717) is 18.6 Å². The van der Waals surface area contributed by atoms with Gasteiger partial charge in [-0.1, -0.05) is 12.1 Å². The number of benzene rings is 1. The molecule has 2 unspecified atom stereocenters. The molecular formula is C13H20N2O. The molecule has 1 aliphatic rings. The Morgan fingerprint density at radius 1 is 1.44 bits per heavy atom. The molecule has 1 aromatic carbocycles. The van der Waals surface area contributed by atoms with Crippen LogP contribution in [-0.2, 0) is 0 Å². The molecule has 3 N–H and O–H groups in total. The SMILES string of the molecule is CC(c1ccc(N)cc1)N1CCC(CO)C1. The lowest BCUT2D eigenvalue weighted by Gasteiger charge is -2.24. The Morgan fingerprint density at radius 2 is 2.12 bits per heavy atom. The Kier molecular flexibility index (Phi) is 3.46. The zero-order valence-electron chi connectivity index (χ0n) is 9.76. The fourth-order valence-electron chi connectivity index (χ4n) is 2.35. The van der Waals surface area contributed by atoms with E-state index < -0.39 is 0 Å². The Bertz CT molecular complexity index is 336. The normalized spacial score (nSPS) is 23.5. The van der Waals surface area contributed by atoms with Gasteiger partial charge in [0.1, 0.15) is 0 Å². The van der Waals surface area contributed by atoms with Gasteiger partial charge < -0.3 is 10.8 Å². The highest BCUT2D eigenvalue weighted by Crippen LogP contribution is 2.27. The van der Waals surface area contributed by atoms with Gasteiger partial charge in [-0.25, -0.2) is 0 Å². The number of aliphatic hydroxyl groups excluding tert-OH is 1. The highest BCUT2D eigenvalue weighted by Gasteiger charge is 2.25. The molecule has 3 heteroatoms. The molecule has 0 bridgehead atoms. The lowest BCUT2D eigenvalue weighted by atomic mass is 10.1. The van der Waals surface area contributed by atoms with Gasteiger partial charge in [-0.15, -0.1) is 0 Å². The molecule has 0 aromatic heterocycles. The summed E-state index contributed by atoms with van der Waals surface area (Å²) < 4.78 is 0. The maximum atomic E-state index is 9.13. The van der Waals surface area contributed by atoms with Crippen LogP contribution in [-0.4, -0.2) is 29.7 Å². The summed E-state index contributed by atoms with van der Waals surface area (Å²) in [4.78, 5) is 2.42. The summed E-state index contributed by atoms with van der Waals surface area (Å²) in [6, 6.07) is 8.49. The zero-order chi connectivity index (χ0) is 11.5. The van der Waals surface area contributed by atoms with Crippen LogP contribution in [0.3, 0.4) is 0 Å². The Balaban J connectivity index is 2.02. The van der Waals surface area contributed by atoms with Gasteiger partial charge in [-0.05, 0) is 43.5 Å². The number of nitrogens with zero attached hydrogens (tertiary/aromatic N) is 1. The van der Waals surface area contributed by atoms with Crippen LogP contribution in [0, 0.1) is 5.92 Å². The molecule has 0 amide bonds. The highest BCUT2D eigenvalue weighted by atomic mass is 16.3. The minimum Gasteiger partial charge on any atom is -0.399 e. The van der Waals surface area contributed by atoms with E-state index in [1.165, 1.54) is 5.56 Å². The van der Waals surface area contributed by atoms with Crippen LogP contribution >= 0.6 is 0 Å². The molecule has 3 nitrogen and oxygen atoms in total. The monoisotopic (exact) mass is 220 g/mol. The van der Waals surface area contributed by atoms with Crippen LogP contribution < -0.4 is 5.73 Å². The van der Waals surface area contributed by atoms with Gasteiger partial charge in [0, 0.05) is 24.9 Å². The third-order valence-electron chi connectivity index (χ3n) is 3.54. The molecule has 1 aliphatic heterocycles. The number of anilines is 1. The summed E-state index contributed by atoms with van der Waals surface area (Å²) in [5.74, 6) is 0.455. The molecule has 2 rings (SSSR count). The first-order valence-corrected chi connectivity index (χ1v) is 5.91. The largest absolute Gasteiger partial charge is 0.399 e. The summed E-state index contributed by atoms with van der Waals surface area (Å²) >= 11 is 0. The van der Waals surface area contributed by atoms with Crippen LogP contribution in [0.5, 0.6) is 0 Å². The van der Waals surface area contributed by atoms with E-state index >= 15 is 0 Å². The average Bonchev–Trinajstić information content (AvgIpc) is 2.77. The van der Waals surface area contributed by atoms with E-state index in [9.17, 15) is 0 Å². The number of aliphatic hydroxyl groups is 1. The van der Waals surface area contributed by atoms with Crippen molar-refractivity contribution < 1.29 is 5.11 Å². The second-order valence-corrected chi connectivity index (χ2v) is 4.67. The second kappa shape index (κ2) is 4.85. The number of likely N-dealkylation sites (tertiary alicyclic amines) is 1. The standard InChI is InChI=1S/C13H20N2O/c1-10(12-2-4-13(14)5-3-12)15-7-6-11(8-15)9-16/h2-5,10-11,16H,6-9,14H2,1H3. The van der Waals surface area contributed by atoms with Gasteiger partial charge in [0.05, 0.1) is 0 Å². The maximum Gasteiger partial charge on any atom is 0.0471 e. The maximum absolute atomic E-state index is 9.13. The minimum atomic E-state index is 0.310. The Morgan fingerprint density at radius 3 is 2.69 bits per heavy atom. The summed E-state index contributed by atoms with van der Waals surface area (Å²) in [6.07, 6.45) is 1.11. The van der Waals surface area contributed by atoms with Crippen molar-refractivity contribution in [3.63, 3.8) is 0 Å². The van der Waals surface area contributed by atoms with E-state index in [1.807, 2.05) is 12.1 Å². The van der Waals surface area contributed by atoms with Crippen molar-refractivity contribution in [3.8, 4) is 0 Å². The third kappa shape index (κ3) is 2.36. The van der Waals surface area contributed by atoms with Gasteiger partial charge in [0.15, 0.2) is 0 Å².